The van der Waals surface area contributed by atoms with Crippen molar-refractivity contribution in [3.8, 4) is 22.6 Å². The molecule has 1 aliphatic heterocycles. The van der Waals surface area contributed by atoms with Gasteiger partial charge in [-0.3, -0.25) is 9.89 Å². The van der Waals surface area contributed by atoms with E-state index in [0.29, 0.717) is 48.9 Å². The van der Waals surface area contributed by atoms with Gasteiger partial charge in [-0.15, -0.1) is 0 Å². The first-order valence-electron chi connectivity index (χ1n) is 10.5. The maximum absolute atomic E-state index is 13.1. The van der Waals surface area contributed by atoms with Gasteiger partial charge in [0.05, 0.1) is 5.69 Å². The number of H-pyrrole nitrogens is 1. The number of nitrogens with zero attached hydrogens (tertiary/aromatic N) is 6. The molecule has 1 aliphatic rings. The Bertz CT molecular complexity index is 1330. The third kappa shape index (κ3) is 4.69. The van der Waals surface area contributed by atoms with E-state index in [-0.39, 0.29) is 23.1 Å². The molecule has 1 saturated heterocycles. The molecule has 0 atom stereocenters. The highest BCUT2D eigenvalue weighted by Crippen LogP contribution is 2.29. The van der Waals surface area contributed by atoms with Crippen molar-refractivity contribution in [2.75, 3.05) is 31.1 Å². The fourth-order valence-corrected chi connectivity index (χ4v) is 3.67. The molecule has 1 aromatic carbocycles. The topological polar surface area (TPSA) is 104 Å². The summed E-state index contributed by atoms with van der Waals surface area (Å²) >= 11 is 0. The Morgan fingerprint density at radius 1 is 1.00 bits per heavy atom. The van der Waals surface area contributed by atoms with E-state index in [4.69, 9.17) is 0 Å². The predicted molar refractivity (Wildman–Crippen MR) is 115 cm³/mol. The fraction of sp³-hybridized carbons (Fsp3) is 0.227. The Balaban J connectivity index is 1.20. The molecule has 35 heavy (non-hydrogen) atoms. The molecule has 3 aromatic heterocycles. The molecular formula is C22H17F4N7O2. The molecule has 0 spiro atoms. The number of amides is 1. The molecule has 1 amide bonds. The number of piperazine rings is 1. The van der Waals surface area contributed by atoms with Gasteiger partial charge in [0.15, 0.2) is 0 Å². The number of rotatable bonds is 4. The Hall–Kier alpha value is -4.29. The van der Waals surface area contributed by atoms with Crippen LogP contribution in [0.2, 0.25) is 0 Å². The quantitative estimate of drug-likeness (QED) is 0.439. The molecule has 4 heterocycles. The van der Waals surface area contributed by atoms with E-state index in [1.165, 1.54) is 18.3 Å². The van der Waals surface area contributed by atoms with E-state index >= 15 is 0 Å². The zero-order valence-electron chi connectivity index (χ0n) is 18.0. The Morgan fingerprint density at radius 3 is 2.34 bits per heavy atom. The number of aromatic nitrogens is 5. The van der Waals surface area contributed by atoms with Crippen LogP contribution in [-0.4, -0.2) is 62.3 Å². The van der Waals surface area contributed by atoms with Gasteiger partial charge in [-0.1, -0.05) is 5.16 Å². The summed E-state index contributed by atoms with van der Waals surface area (Å²) in [4.78, 5) is 24.2. The standard InChI is InChI=1S/C22H17F4N7O2/c23-15-4-1-13(2-5-15)16-11-17(30-29-16)20(34)33-9-7-32(8-10-33)18-6-3-14(12-27-18)19-28-21(35-31-19)22(24,25)26/h1-6,11-12H,7-10H2,(H,29,30). The number of nitrogens with one attached hydrogen (secondary N) is 1. The van der Waals surface area contributed by atoms with Crippen LogP contribution in [0.25, 0.3) is 22.6 Å². The van der Waals surface area contributed by atoms with Gasteiger partial charge >= 0.3 is 12.1 Å². The van der Waals surface area contributed by atoms with Crippen molar-refractivity contribution in [2.24, 2.45) is 0 Å². The van der Waals surface area contributed by atoms with Gasteiger partial charge in [0, 0.05) is 43.5 Å². The molecule has 1 fully saturated rings. The Morgan fingerprint density at radius 2 is 1.71 bits per heavy atom. The summed E-state index contributed by atoms with van der Waals surface area (Å²) in [5.74, 6) is -1.56. The third-order valence-corrected chi connectivity index (χ3v) is 5.51. The lowest BCUT2D eigenvalue weighted by Crippen LogP contribution is -2.49. The fourth-order valence-electron chi connectivity index (χ4n) is 3.67. The first-order chi connectivity index (χ1) is 16.8. The molecule has 1 N–H and O–H groups in total. The molecule has 4 aromatic rings. The average molecular weight is 487 g/mol. The second-order valence-corrected chi connectivity index (χ2v) is 7.78. The summed E-state index contributed by atoms with van der Waals surface area (Å²) < 4.78 is 55.3. The summed E-state index contributed by atoms with van der Waals surface area (Å²) in [6.45, 7) is 1.90. The monoisotopic (exact) mass is 487 g/mol. The van der Waals surface area contributed by atoms with Crippen molar-refractivity contribution in [1.29, 1.82) is 0 Å². The lowest BCUT2D eigenvalue weighted by Gasteiger charge is -2.35. The lowest BCUT2D eigenvalue weighted by molar-refractivity contribution is -0.159. The number of pyridine rings is 1. The normalized spacial score (nSPS) is 14.4. The molecule has 0 aliphatic carbocycles. The number of alkyl halides is 3. The first-order valence-corrected chi connectivity index (χ1v) is 10.5. The van der Waals surface area contributed by atoms with Crippen LogP contribution in [0.1, 0.15) is 16.4 Å². The predicted octanol–water partition coefficient (Wildman–Crippen LogP) is 3.64. The van der Waals surface area contributed by atoms with Crippen LogP contribution in [0.5, 0.6) is 0 Å². The number of hydrogen-bond acceptors (Lipinski definition) is 7. The van der Waals surface area contributed by atoms with E-state index in [1.807, 2.05) is 4.90 Å². The number of anilines is 1. The SMILES string of the molecule is O=C(c1cc(-c2ccc(F)cc2)n[nH]1)N1CCN(c2ccc(-c3noc(C(F)(F)F)n3)cn2)CC1. The number of hydrogen-bond donors (Lipinski definition) is 1. The second-order valence-electron chi connectivity index (χ2n) is 7.78. The van der Waals surface area contributed by atoms with Crippen LogP contribution in [0.3, 0.4) is 0 Å². The van der Waals surface area contributed by atoms with Crippen LogP contribution < -0.4 is 4.90 Å². The molecule has 0 radical (unpaired) electrons. The maximum Gasteiger partial charge on any atom is 0.471 e. The van der Waals surface area contributed by atoms with Gasteiger partial charge in [0.2, 0.25) is 5.82 Å². The van der Waals surface area contributed by atoms with E-state index in [1.54, 1.807) is 35.2 Å². The van der Waals surface area contributed by atoms with Crippen molar-refractivity contribution in [3.05, 3.63) is 66.1 Å². The van der Waals surface area contributed by atoms with Crippen LogP contribution in [0.15, 0.2) is 53.2 Å². The number of benzene rings is 1. The van der Waals surface area contributed by atoms with Crippen LogP contribution >= 0.6 is 0 Å². The van der Waals surface area contributed by atoms with Crippen molar-refractivity contribution in [2.45, 2.75) is 6.18 Å². The molecule has 0 saturated carbocycles. The first kappa shape index (κ1) is 22.5. The van der Waals surface area contributed by atoms with Gasteiger partial charge in [-0.2, -0.15) is 23.3 Å². The smallest absolute Gasteiger partial charge is 0.353 e. The van der Waals surface area contributed by atoms with Gasteiger partial charge in [-0.05, 0) is 42.5 Å². The van der Waals surface area contributed by atoms with Crippen molar-refractivity contribution >= 4 is 11.7 Å². The highest BCUT2D eigenvalue weighted by atomic mass is 19.4. The molecule has 9 nitrogen and oxygen atoms in total. The molecule has 5 rings (SSSR count). The number of aromatic amines is 1. The van der Waals surface area contributed by atoms with Gasteiger partial charge in [0.1, 0.15) is 17.3 Å². The summed E-state index contributed by atoms with van der Waals surface area (Å²) in [6.07, 6.45) is -3.34. The minimum atomic E-state index is -4.71. The van der Waals surface area contributed by atoms with Crippen molar-refractivity contribution in [1.82, 2.24) is 30.2 Å². The van der Waals surface area contributed by atoms with E-state index in [2.05, 4.69) is 29.8 Å². The maximum atomic E-state index is 13.1. The van der Waals surface area contributed by atoms with Crippen molar-refractivity contribution in [3.63, 3.8) is 0 Å². The molecule has 13 heteroatoms. The number of halogens is 4. The Kier molecular flexibility index (Phi) is 5.67. The highest BCUT2D eigenvalue weighted by molar-refractivity contribution is 5.93. The summed E-state index contributed by atoms with van der Waals surface area (Å²) in [7, 11) is 0. The lowest BCUT2D eigenvalue weighted by atomic mass is 10.1. The number of carbonyl (C=O) groups excluding carboxylic acids is 1. The summed E-state index contributed by atoms with van der Waals surface area (Å²) in [5, 5.41) is 10.2. The van der Waals surface area contributed by atoms with Crippen molar-refractivity contribution < 1.29 is 26.9 Å². The molecular weight excluding hydrogens is 470 g/mol. The Labute approximate surface area is 195 Å². The van der Waals surface area contributed by atoms with Gasteiger partial charge < -0.3 is 14.3 Å². The third-order valence-electron chi connectivity index (χ3n) is 5.51. The van der Waals surface area contributed by atoms with Crippen LogP contribution in [0.4, 0.5) is 23.4 Å². The van der Waals surface area contributed by atoms with Crippen LogP contribution in [-0.2, 0) is 6.18 Å². The molecule has 0 unspecified atom stereocenters. The summed E-state index contributed by atoms with van der Waals surface area (Å²) in [5.41, 5.74) is 1.85. The van der Waals surface area contributed by atoms with E-state index < -0.39 is 12.1 Å². The van der Waals surface area contributed by atoms with Crippen LogP contribution in [0, 0.1) is 5.82 Å². The second kappa shape index (κ2) is 8.81. The molecule has 0 bridgehead atoms. The average Bonchev–Trinajstić information content (AvgIpc) is 3.55. The zero-order valence-corrected chi connectivity index (χ0v) is 18.0. The minimum absolute atomic E-state index is 0.202. The van der Waals surface area contributed by atoms with Gasteiger partial charge in [0.25, 0.3) is 5.91 Å². The number of carbonyl (C=O) groups is 1. The van der Waals surface area contributed by atoms with E-state index in [0.717, 1.165) is 0 Å². The molecule has 180 valence electrons. The largest absolute Gasteiger partial charge is 0.471 e. The van der Waals surface area contributed by atoms with E-state index in [9.17, 15) is 22.4 Å². The van der Waals surface area contributed by atoms with Gasteiger partial charge in [-0.25, -0.2) is 9.37 Å². The summed E-state index contributed by atoms with van der Waals surface area (Å²) in [6, 6.07) is 10.7. The zero-order chi connectivity index (χ0) is 24.6. The minimum Gasteiger partial charge on any atom is -0.353 e. The highest BCUT2D eigenvalue weighted by Gasteiger charge is 2.38.